The highest BCUT2D eigenvalue weighted by atomic mass is 16.5. The molecule has 0 bridgehead atoms. The monoisotopic (exact) mass is 262 g/mol. The molecule has 4 heteroatoms. The zero-order valence-corrected chi connectivity index (χ0v) is 11.6. The molecule has 1 atom stereocenters. The van der Waals surface area contributed by atoms with E-state index in [4.69, 9.17) is 10.5 Å². The number of rotatable bonds is 5. The van der Waals surface area contributed by atoms with Crippen molar-refractivity contribution in [2.24, 2.45) is 11.1 Å². The molecule has 1 heterocycles. The second kappa shape index (κ2) is 5.61. The van der Waals surface area contributed by atoms with Gasteiger partial charge in [-0.25, -0.2) is 0 Å². The Balaban J connectivity index is 2.13. The average molecular weight is 262 g/mol. The van der Waals surface area contributed by atoms with Gasteiger partial charge in [0.05, 0.1) is 11.5 Å². The summed E-state index contributed by atoms with van der Waals surface area (Å²) in [5.41, 5.74) is 6.40. The Morgan fingerprint density at radius 1 is 1.42 bits per heavy atom. The summed E-state index contributed by atoms with van der Waals surface area (Å²) in [6, 6.07) is 7.76. The van der Waals surface area contributed by atoms with E-state index in [2.05, 4.69) is 5.32 Å². The lowest BCUT2D eigenvalue weighted by molar-refractivity contribution is -0.131. The molecule has 1 aromatic carbocycles. The van der Waals surface area contributed by atoms with Crippen LogP contribution in [0.15, 0.2) is 24.3 Å². The first-order valence-electron chi connectivity index (χ1n) is 6.89. The molecular weight excluding hydrogens is 240 g/mol. The molecule has 3 N–H and O–H groups in total. The summed E-state index contributed by atoms with van der Waals surface area (Å²) < 4.78 is 5.58. The van der Waals surface area contributed by atoms with Gasteiger partial charge in [-0.1, -0.05) is 32.0 Å². The van der Waals surface area contributed by atoms with Crippen LogP contribution in [0.25, 0.3) is 0 Å². The van der Waals surface area contributed by atoms with Crippen LogP contribution in [0.3, 0.4) is 0 Å². The maximum Gasteiger partial charge on any atom is 0.228 e. The molecule has 1 unspecified atom stereocenters. The van der Waals surface area contributed by atoms with Gasteiger partial charge in [0.2, 0.25) is 5.91 Å². The summed E-state index contributed by atoms with van der Waals surface area (Å²) in [4.78, 5) is 12.5. The number of hydrogen-bond acceptors (Lipinski definition) is 3. The molecule has 0 aromatic heterocycles. The molecule has 19 heavy (non-hydrogen) atoms. The summed E-state index contributed by atoms with van der Waals surface area (Å²) in [7, 11) is 0. The van der Waals surface area contributed by atoms with Gasteiger partial charge in [0.25, 0.3) is 0 Å². The minimum absolute atomic E-state index is 0.0327. The number of para-hydroxylation sites is 1. The highest BCUT2D eigenvalue weighted by molar-refractivity contribution is 5.83. The maximum absolute atomic E-state index is 12.5. The predicted octanol–water partition coefficient (Wildman–Crippen LogP) is 2.00. The third-order valence-electron chi connectivity index (χ3n) is 4.23. The van der Waals surface area contributed by atoms with Gasteiger partial charge in [-0.15, -0.1) is 0 Å². The van der Waals surface area contributed by atoms with Crippen LogP contribution in [0.2, 0.25) is 0 Å². The van der Waals surface area contributed by atoms with Crippen LogP contribution < -0.4 is 15.8 Å². The topological polar surface area (TPSA) is 64.4 Å². The molecular formula is C15H22N2O2. The lowest BCUT2D eigenvalue weighted by Gasteiger charge is -2.30. The van der Waals surface area contributed by atoms with E-state index >= 15 is 0 Å². The molecule has 104 valence electrons. The lowest BCUT2D eigenvalue weighted by atomic mass is 9.81. The van der Waals surface area contributed by atoms with Crippen LogP contribution in [0.4, 0.5) is 0 Å². The molecule has 0 radical (unpaired) electrons. The standard InChI is InChI=1S/C15H22N2O2/c1-3-15(4-2,10-16)14(18)17-12-9-19-13-8-6-5-7-11(12)13/h5-8,12H,3-4,9-10,16H2,1-2H3,(H,17,18). The highest BCUT2D eigenvalue weighted by Gasteiger charge is 2.36. The van der Waals surface area contributed by atoms with Crippen LogP contribution in [-0.4, -0.2) is 19.1 Å². The Morgan fingerprint density at radius 2 is 2.11 bits per heavy atom. The second-order valence-electron chi connectivity index (χ2n) is 5.07. The smallest absolute Gasteiger partial charge is 0.228 e. The van der Waals surface area contributed by atoms with Crippen molar-refractivity contribution in [1.29, 1.82) is 0 Å². The Hall–Kier alpha value is -1.55. The Kier molecular flexibility index (Phi) is 4.10. The van der Waals surface area contributed by atoms with Crippen LogP contribution in [-0.2, 0) is 4.79 Å². The number of benzene rings is 1. The van der Waals surface area contributed by atoms with E-state index in [0.29, 0.717) is 13.2 Å². The second-order valence-corrected chi connectivity index (χ2v) is 5.07. The van der Waals surface area contributed by atoms with Crippen molar-refractivity contribution >= 4 is 5.91 Å². The van der Waals surface area contributed by atoms with Gasteiger partial charge in [0.15, 0.2) is 0 Å². The molecule has 1 aromatic rings. The van der Waals surface area contributed by atoms with Crippen molar-refractivity contribution in [1.82, 2.24) is 5.32 Å². The molecule has 0 spiro atoms. The van der Waals surface area contributed by atoms with Crippen LogP contribution >= 0.6 is 0 Å². The van der Waals surface area contributed by atoms with Crippen molar-refractivity contribution in [3.63, 3.8) is 0 Å². The van der Waals surface area contributed by atoms with E-state index in [1.165, 1.54) is 0 Å². The van der Waals surface area contributed by atoms with E-state index in [1.54, 1.807) is 0 Å². The highest BCUT2D eigenvalue weighted by Crippen LogP contribution is 2.33. The zero-order valence-electron chi connectivity index (χ0n) is 11.6. The molecule has 1 amide bonds. The van der Waals surface area contributed by atoms with Crippen molar-refractivity contribution < 1.29 is 9.53 Å². The fourth-order valence-corrected chi connectivity index (χ4v) is 2.55. The minimum Gasteiger partial charge on any atom is -0.491 e. The number of carbonyl (C=O) groups excluding carboxylic acids is 1. The summed E-state index contributed by atoms with van der Waals surface area (Å²) in [5, 5.41) is 3.08. The van der Waals surface area contributed by atoms with Crippen molar-refractivity contribution in [3.8, 4) is 5.75 Å². The lowest BCUT2D eigenvalue weighted by Crippen LogP contribution is -2.46. The van der Waals surface area contributed by atoms with Crippen LogP contribution in [0, 0.1) is 5.41 Å². The minimum atomic E-state index is -0.461. The van der Waals surface area contributed by atoms with E-state index in [0.717, 1.165) is 24.2 Å². The normalized spacial score (nSPS) is 17.7. The van der Waals surface area contributed by atoms with Crippen molar-refractivity contribution in [2.75, 3.05) is 13.2 Å². The maximum atomic E-state index is 12.5. The summed E-state index contributed by atoms with van der Waals surface area (Å²) >= 11 is 0. The van der Waals surface area contributed by atoms with Crippen LogP contribution in [0.5, 0.6) is 5.75 Å². The molecule has 0 fully saturated rings. The number of fused-ring (bicyclic) bond motifs is 1. The van der Waals surface area contributed by atoms with Crippen molar-refractivity contribution in [2.45, 2.75) is 32.7 Å². The Morgan fingerprint density at radius 3 is 2.74 bits per heavy atom. The number of ether oxygens (including phenoxy) is 1. The van der Waals surface area contributed by atoms with Gasteiger partial charge in [0, 0.05) is 12.1 Å². The largest absolute Gasteiger partial charge is 0.491 e. The van der Waals surface area contributed by atoms with E-state index in [1.807, 2.05) is 38.1 Å². The molecule has 2 rings (SSSR count). The Bertz CT molecular complexity index is 447. The summed E-state index contributed by atoms with van der Waals surface area (Å²) in [5.74, 6) is 0.893. The van der Waals surface area contributed by atoms with Gasteiger partial charge >= 0.3 is 0 Å². The summed E-state index contributed by atoms with van der Waals surface area (Å²) in [6.07, 6.45) is 1.50. The zero-order chi connectivity index (χ0) is 13.9. The number of nitrogens with one attached hydrogen (secondary N) is 1. The fourth-order valence-electron chi connectivity index (χ4n) is 2.55. The number of hydrogen-bond donors (Lipinski definition) is 2. The molecule has 4 nitrogen and oxygen atoms in total. The van der Waals surface area contributed by atoms with Gasteiger partial charge in [-0.05, 0) is 18.9 Å². The van der Waals surface area contributed by atoms with E-state index < -0.39 is 5.41 Å². The number of carbonyl (C=O) groups is 1. The third-order valence-corrected chi connectivity index (χ3v) is 4.23. The van der Waals surface area contributed by atoms with Gasteiger partial charge in [-0.2, -0.15) is 0 Å². The Labute approximate surface area is 114 Å². The first-order valence-corrected chi connectivity index (χ1v) is 6.89. The molecule has 0 aliphatic carbocycles. The summed E-state index contributed by atoms with van der Waals surface area (Å²) in [6.45, 7) is 4.89. The predicted molar refractivity (Wildman–Crippen MR) is 74.9 cm³/mol. The first-order chi connectivity index (χ1) is 9.16. The third kappa shape index (κ3) is 2.45. The molecule has 1 aliphatic heterocycles. The quantitative estimate of drug-likeness (QED) is 0.853. The molecule has 0 saturated heterocycles. The fraction of sp³-hybridized carbons (Fsp3) is 0.533. The number of nitrogens with two attached hydrogens (primary N) is 1. The van der Waals surface area contributed by atoms with E-state index in [9.17, 15) is 4.79 Å². The average Bonchev–Trinajstić information content (AvgIpc) is 2.85. The molecule has 0 saturated carbocycles. The van der Waals surface area contributed by atoms with Crippen molar-refractivity contribution in [3.05, 3.63) is 29.8 Å². The molecule has 1 aliphatic rings. The van der Waals surface area contributed by atoms with Crippen LogP contribution in [0.1, 0.15) is 38.3 Å². The number of amides is 1. The first kappa shape index (κ1) is 13.9. The SMILES string of the molecule is CCC(CC)(CN)C(=O)NC1COc2ccccc21. The van der Waals surface area contributed by atoms with Gasteiger partial charge in [0.1, 0.15) is 12.4 Å². The van der Waals surface area contributed by atoms with E-state index in [-0.39, 0.29) is 11.9 Å². The van der Waals surface area contributed by atoms with Gasteiger partial charge in [-0.3, -0.25) is 4.79 Å². The van der Waals surface area contributed by atoms with Gasteiger partial charge < -0.3 is 15.8 Å².